The van der Waals surface area contributed by atoms with Crippen molar-refractivity contribution < 1.29 is 9.13 Å². The number of halogens is 2. The number of methoxy groups -OCH3 is 1. The van der Waals surface area contributed by atoms with E-state index in [-0.39, 0.29) is 23.9 Å². The van der Waals surface area contributed by atoms with Crippen molar-refractivity contribution in [2.24, 2.45) is 10.7 Å². The molecule has 0 aromatic heterocycles. The topological polar surface area (TPSA) is 59.6 Å². The molecule has 3 N–H and O–H groups in total. The maximum Gasteiger partial charge on any atom is 0.189 e. The van der Waals surface area contributed by atoms with Gasteiger partial charge in [0.05, 0.1) is 19.2 Å². The Labute approximate surface area is 139 Å². The third kappa shape index (κ3) is 3.10. The van der Waals surface area contributed by atoms with E-state index in [1.54, 1.807) is 19.2 Å². The molecule has 3 rings (SSSR count). The summed E-state index contributed by atoms with van der Waals surface area (Å²) < 4.78 is 19.6. The summed E-state index contributed by atoms with van der Waals surface area (Å²) >= 11 is 6.18. The lowest BCUT2D eigenvalue weighted by Gasteiger charge is -2.30. The number of ether oxygens (including phenoxy) is 1. The largest absolute Gasteiger partial charge is 0.496 e. The van der Waals surface area contributed by atoms with E-state index in [4.69, 9.17) is 22.1 Å². The summed E-state index contributed by atoms with van der Waals surface area (Å²) in [6, 6.07) is 11.7. The lowest BCUT2D eigenvalue weighted by atomic mass is 9.93. The second-order valence-corrected chi connectivity index (χ2v) is 5.75. The summed E-state index contributed by atoms with van der Waals surface area (Å²) in [6.45, 7) is 0. The number of hydrogen-bond acceptors (Lipinski definition) is 4. The van der Waals surface area contributed by atoms with E-state index in [0.717, 1.165) is 11.3 Å². The lowest BCUT2D eigenvalue weighted by Crippen LogP contribution is -2.40. The summed E-state index contributed by atoms with van der Waals surface area (Å²) in [5.74, 6) is 0.634. The van der Waals surface area contributed by atoms with Gasteiger partial charge in [-0.15, -0.1) is 0 Å². The smallest absolute Gasteiger partial charge is 0.189 e. The van der Waals surface area contributed by atoms with Crippen molar-refractivity contribution in [3.8, 4) is 5.75 Å². The molecule has 6 heteroatoms. The molecular weight excluding hydrogens is 317 g/mol. The number of nitrogens with one attached hydrogen (secondary N) is 1. The zero-order valence-electron chi connectivity index (χ0n) is 12.6. The highest BCUT2D eigenvalue weighted by atomic mass is 35.5. The molecule has 4 nitrogen and oxygen atoms in total. The molecule has 0 amide bonds. The Hall–Kier alpha value is -2.27. The van der Waals surface area contributed by atoms with Crippen LogP contribution >= 0.6 is 11.6 Å². The first-order valence-corrected chi connectivity index (χ1v) is 7.64. The molecule has 0 fully saturated rings. The molecule has 1 aliphatic rings. The zero-order valence-corrected chi connectivity index (χ0v) is 13.3. The minimum absolute atomic E-state index is 0.229. The Kier molecular flexibility index (Phi) is 4.39. The van der Waals surface area contributed by atoms with Crippen molar-refractivity contribution in [2.75, 3.05) is 7.11 Å². The van der Waals surface area contributed by atoms with Gasteiger partial charge in [-0.2, -0.15) is 0 Å². The molecule has 1 aliphatic heterocycles. The predicted octanol–water partition coefficient (Wildman–Crippen LogP) is 3.58. The average Bonchev–Trinajstić information content (AvgIpc) is 2.54. The molecule has 0 aliphatic carbocycles. The van der Waals surface area contributed by atoms with Gasteiger partial charge in [0.15, 0.2) is 5.96 Å². The number of benzene rings is 2. The molecule has 2 unspecified atom stereocenters. The Balaban J connectivity index is 1.98. The van der Waals surface area contributed by atoms with Crippen LogP contribution in [-0.4, -0.2) is 13.1 Å². The fourth-order valence-electron chi connectivity index (χ4n) is 2.89. The number of nitrogens with zero attached hydrogens (tertiary/aromatic N) is 1. The number of nitrogens with two attached hydrogens (primary N) is 1. The molecule has 2 atom stereocenters. The first-order chi connectivity index (χ1) is 11.1. The SMILES string of the molecule is COc1ccccc1C1CC(c2c(F)cccc2Cl)NC(N)=N1. The number of aliphatic imine (C=N–C) groups is 1. The Morgan fingerprint density at radius 3 is 2.78 bits per heavy atom. The van der Waals surface area contributed by atoms with Gasteiger partial charge in [0.25, 0.3) is 0 Å². The second kappa shape index (κ2) is 6.46. The maximum atomic E-state index is 14.2. The van der Waals surface area contributed by atoms with Gasteiger partial charge in [-0.3, -0.25) is 0 Å². The van der Waals surface area contributed by atoms with E-state index < -0.39 is 0 Å². The van der Waals surface area contributed by atoms with Crippen LogP contribution in [0.3, 0.4) is 0 Å². The lowest BCUT2D eigenvalue weighted by molar-refractivity contribution is 0.396. The quantitative estimate of drug-likeness (QED) is 0.902. The first kappa shape index (κ1) is 15.6. The van der Waals surface area contributed by atoms with Gasteiger partial charge in [0.2, 0.25) is 0 Å². The van der Waals surface area contributed by atoms with Crippen LogP contribution in [-0.2, 0) is 0 Å². The minimum Gasteiger partial charge on any atom is -0.496 e. The van der Waals surface area contributed by atoms with E-state index in [9.17, 15) is 4.39 Å². The van der Waals surface area contributed by atoms with E-state index in [1.807, 2.05) is 24.3 Å². The highest BCUT2D eigenvalue weighted by molar-refractivity contribution is 6.31. The van der Waals surface area contributed by atoms with Gasteiger partial charge in [0.1, 0.15) is 11.6 Å². The normalized spacial score (nSPS) is 20.6. The van der Waals surface area contributed by atoms with E-state index in [0.29, 0.717) is 17.0 Å². The van der Waals surface area contributed by atoms with Crippen LogP contribution in [0.25, 0.3) is 0 Å². The van der Waals surface area contributed by atoms with Crippen molar-refractivity contribution in [1.29, 1.82) is 0 Å². The molecule has 0 saturated carbocycles. The number of guanidine groups is 1. The highest BCUT2D eigenvalue weighted by Crippen LogP contribution is 2.38. The predicted molar refractivity (Wildman–Crippen MR) is 89.3 cm³/mol. The molecule has 23 heavy (non-hydrogen) atoms. The standard InChI is InChI=1S/C17H17ClFN3O/c1-23-15-8-3-2-5-10(15)13-9-14(22-17(20)21-13)16-11(18)6-4-7-12(16)19/h2-8,13-14H,9H2,1H3,(H3,20,21,22). The molecule has 120 valence electrons. The third-order valence-corrected chi connectivity index (χ3v) is 4.25. The molecule has 2 aromatic carbocycles. The molecule has 0 saturated heterocycles. The third-order valence-electron chi connectivity index (χ3n) is 3.92. The minimum atomic E-state index is -0.358. The molecule has 0 radical (unpaired) electrons. The number of rotatable bonds is 3. The number of para-hydroxylation sites is 1. The van der Waals surface area contributed by atoms with Crippen molar-refractivity contribution in [1.82, 2.24) is 5.32 Å². The highest BCUT2D eigenvalue weighted by Gasteiger charge is 2.29. The van der Waals surface area contributed by atoms with Crippen LogP contribution in [0.5, 0.6) is 5.75 Å². The van der Waals surface area contributed by atoms with Gasteiger partial charge in [0, 0.05) is 16.1 Å². The van der Waals surface area contributed by atoms with Crippen molar-refractivity contribution in [2.45, 2.75) is 18.5 Å². The van der Waals surface area contributed by atoms with E-state index in [2.05, 4.69) is 10.3 Å². The first-order valence-electron chi connectivity index (χ1n) is 7.26. The van der Waals surface area contributed by atoms with Crippen LogP contribution in [0, 0.1) is 5.82 Å². The molecule has 2 aromatic rings. The Morgan fingerprint density at radius 1 is 1.26 bits per heavy atom. The molecule has 0 bridgehead atoms. The zero-order chi connectivity index (χ0) is 16.4. The second-order valence-electron chi connectivity index (χ2n) is 5.34. The van der Waals surface area contributed by atoms with E-state index >= 15 is 0 Å². The summed E-state index contributed by atoms with van der Waals surface area (Å²) in [6.07, 6.45) is 0.529. The van der Waals surface area contributed by atoms with Crippen LogP contribution in [0.2, 0.25) is 5.02 Å². The molecular formula is C17H17ClFN3O. The fraction of sp³-hybridized carbons (Fsp3) is 0.235. The van der Waals surface area contributed by atoms with Gasteiger partial charge in [-0.25, -0.2) is 9.38 Å². The van der Waals surface area contributed by atoms with Crippen LogP contribution in [0.4, 0.5) is 4.39 Å². The monoisotopic (exact) mass is 333 g/mol. The summed E-state index contributed by atoms with van der Waals surface area (Å²) in [4.78, 5) is 4.43. The maximum absolute atomic E-state index is 14.2. The number of hydrogen-bond donors (Lipinski definition) is 2. The van der Waals surface area contributed by atoms with Crippen molar-refractivity contribution >= 4 is 17.6 Å². The van der Waals surface area contributed by atoms with Crippen LogP contribution in [0.15, 0.2) is 47.5 Å². The fourth-order valence-corrected chi connectivity index (χ4v) is 3.19. The van der Waals surface area contributed by atoms with Gasteiger partial charge in [-0.05, 0) is 24.6 Å². The molecule has 0 spiro atoms. The Morgan fingerprint density at radius 2 is 2.04 bits per heavy atom. The summed E-state index contributed by atoms with van der Waals surface area (Å²) in [5, 5.41) is 3.39. The van der Waals surface area contributed by atoms with Crippen LogP contribution in [0.1, 0.15) is 29.6 Å². The van der Waals surface area contributed by atoms with E-state index in [1.165, 1.54) is 6.07 Å². The van der Waals surface area contributed by atoms with Gasteiger partial charge in [-0.1, -0.05) is 35.9 Å². The van der Waals surface area contributed by atoms with Crippen molar-refractivity contribution in [3.05, 3.63) is 64.4 Å². The summed E-state index contributed by atoms with van der Waals surface area (Å²) in [5.41, 5.74) is 7.24. The van der Waals surface area contributed by atoms with Gasteiger partial charge < -0.3 is 15.8 Å². The summed E-state index contributed by atoms with van der Waals surface area (Å²) in [7, 11) is 1.61. The Bertz CT molecular complexity index is 730. The van der Waals surface area contributed by atoms with Gasteiger partial charge >= 0.3 is 0 Å². The van der Waals surface area contributed by atoms with Crippen LogP contribution < -0.4 is 15.8 Å². The average molecular weight is 334 g/mol. The molecule has 1 heterocycles. The van der Waals surface area contributed by atoms with Crippen molar-refractivity contribution in [3.63, 3.8) is 0 Å².